The van der Waals surface area contributed by atoms with Crippen LogP contribution in [-0.2, 0) is 6.54 Å². The third-order valence-corrected chi connectivity index (χ3v) is 4.65. The molecule has 26 heavy (non-hydrogen) atoms. The van der Waals surface area contributed by atoms with Crippen molar-refractivity contribution in [3.63, 3.8) is 0 Å². The number of rotatable bonds is 3. The Labute approximate surface area is 152 Å². The van der Waals surface area contributed by atoms with Gasteiger partial charge in [-0.2, -0.15) is 0 Å². The van der Waals surface area contributed by atoms with E-state index in [1.807, 2.05) is 59.8 Å². The summed E-state index contributed by atoms with van der Waals surface area (Å²) in [5.74, 6) is 0.638. The number of amides is 2. The number of benzene rings is 1. The third kappa shape index (κ3) is 2.90. The maximum absolute atomic E-state index is 13.1. The number of urea groups is 1. The van der Waals surface area contributed by atoms with Gasteiger partial charge in [-0.15, -0.1) is 0 Å². The summed E-state index contributed by atoms with van der Waals surface area (Å²) in [4.78, 5) is 19.2. The SMILES string of the molecule is COc1ccccc1NC(=O)N1CCn2cccc2[C@H]1c1cccnc1. The molecule has 3 aromatic rings. The molecule has 0 unspecified atom stereocenters. The Kier molecular flexibility index (Phi) is 4.31. The number of ether oxygens (including phenoxy) is 1. The summed E-state index contributed by atoms with van der Waals surface area (Å²) in [7, 11) is 1.59. The number of pyridine rings is 1. The molecule has 6 nitrogen and oxygen atoms in total. The van der Waals surface area contributed by atoms with Crippen LogP contribution in [-0.4, -0.2) is 34.1 Å². The highest BCUT2D eigenvalue weighted by Gasteiger charge is 2.32. The second-order valence-corrected chi connectivity index (χ2v) is 6.14. The minimum absolute atomic E-state index is 0.157. The first-order chi connectivity index (χ1) is 12.8. The van der Waals surface area contributed by atoms with E-state index in [0.29, 0.717) is 18.0 Å². The molecule has 6 heteroatoms. The first kappa shape index (κ1) is 16.2. The Hall–Kier alpha value is -3.28. The molecule has 1 aromatic carbocycles. The molecule has 1 aliphatic heterocycles. The second kappa shape index (κ2) is 6.92. The molecule has 1 atom stereocenters. The van der Waals surface area contributed by atoms with E-state index in [1.54, 1.807) is 13.3 Å². The van der Waals surface area contributed by atoms with Gasteiger partial charge >= 0.3 is 6.03 Å². The molecule has 132 valence electrons. The number of fused-ring (bicyclic) bond motifs is 1. The van der Waals surface area contributed by atoms with Gasteiger partial charge in [-0.25, -0.2) is 4.79 Å². The predicted molar refractivity (Wildman–Crippen MR) is 99.2 cm³/mol. The molecular weight excluding hydrogens is 328 g/mol. The highest BCUT2D eigenvalue weighted by molar-refractivity contribution is 5.91. The Morgan fingerprint density at radius 2 is 2.04 bits per heavy atom. The van der Waals surface area contributed by atoms with E-state index in [0.717, 1.165) is 17.8 Å². The van der Waals surface area contributed by atoms with Gasteiger partial charge in [0.15, 0.2) is 0 Å². The van der Waals surface area contributed by atoms with E-state index < -0.39 is 0 Å². The molecule has 1 N–H and O–H groups in total. The van der Waals surface area contributed by atoms with Crippen LogP contribution in [0.15, 0.2) is 67.1 Å². The summed E-state index contributed by atoms with van der Waals surface area (Å²) in [6.45, 7) is 1.38. The van der Waals surface area contributed by atoms with Crippen LogP contribution in [0.25, 0.3) is 0 Å². The molecule has 2 amide bonds. The molecule has 1 aliphatic rings. The Morgan fingerprint density at radius 1 is 1.15 bits per heavy atom. The fourth-order valence-corrected chi connectivity index (χ4v) is 3.43. The minimum atomic E-state index is -0.179. The van der Waals surface area contributed by atoms with Gasteiger partial charge in [0.1, 0.15) is 11.8 Å². The third-order valence-electron chi connectivity index (χ3n) is 4.65. The molecule has 3 heterocycles. The number of nitrogens with one attached hydrogen (secondary N) is 1. The fraction of sp³-hybridized carbons (Fsp3) is 0.200. The number of anilines is 1. The van der Waals surface area contributed by atoms with Gasteiger partial charge in [-0.05, 0) is 35.9 Å². The quantitative estimate of drug-likeness (QED) is 0.788. The van der Waals surface area contributed by atoms with Crippen molar-refractivity contribution in [2.24, 2.45) is 0 Å². The van der Waals surface area contributed by atoms with Crippen LogP contribution in [0, 0.1) is 0 Å². The Morgan fingerprint density at radius 3 is 2.85 bits per heavy atom. The average Bonchev–Trinajstić information content (AvgIpc) is 3.17. The van der Waals surface area contributed by atoms with Crippen LogP contribution in [0.2, 0.25) is 0 Å². The number of methoxy groups -OCH3 is 1. The summed E-state index contributed by atoms with van der Waals surface area (Å²) in [6, 6.07) is 15.0. The standard InChI is InChI=1S/C20H20N4O2/c1-26-18-9-3-2-7-16(18)22-20(25)24-13-12-23-11-5-8-17(23)19(24)15-6-4-10-21-14-15/h2-11,14,19H,12-13H2,1H3,(H,22,25)/t19-/m1/s1. The Bertz CT molecular complexity index is 907. The normalized spacial score (nSPS) is 16.0. The number of nitrogens with zero attached hydrogens (tertiary/aromatic N) is 3. The smallest absolute Gasteiger partial charge is 0.322 e. The average molecular weight is 348 g/mol. The second-order valence-electron chi connectivity index (χ2n) is 6.14. The Balaban J connectivity index is 1.67. The van der Waals surface area contributed by atoms with Gasteiger partial charge in [-0.1, -0.05) is 18.2 Å². The van der Waals surface area contributed by atoms with E-state index >= 15 is 0 Å². The summed E-state index contributed by atoms with van der Waals surface area (Å²) in [5.41, 5.74) is 2.73. The van der Waals surface area contributed by atoms with E-state index in [9.17, 15) is 4.79 Å². The number of carbonyl (C=O) groups is 1. The topological polar surface area (TPSA) is 59.4 Å². The van der Waals surface area contributed by atoms with Gasteiger partial charge < -0.3 is 19.5 Å². The molecule has 0 spiro atoms. The summed E-state index contributed by atoms with van der Waals surface area (Å²) >= 11 is 0. The van der Waals surface area contributed by atoms with Crippen molar-refractivity contribution in [3.8, 4) is 5.75 Å². The lowest BCUT2D eigenvalue weighted by molar-refractivity contribution is 0.181. The van der Waals surface area contributed by atoms with Gasteiger partial charge in [0.2, 0.25) is 0 Å². The van der Waals surface area contributed by atoms with Crippen molar-refractivity contribution < 1.29 is 9.53 Å². The van der Waals surface area contributed by atoms with Gasteiger partial charge in [0.05, 0.1) is 12.8 Å². The first-order valence-corrected chi connectivity index (χ1v) is 8.53. The molecule has 0 fully saturated rings. The molecular formula is C20H20N4O2. The lowest BCUT2D eigenvalue weighted by Gasteiger charge is -2.37. The van der Waals surface area contributed by atoms with E-state index in [4.69, 9.17) is 4.74 Å². The van der Waals surface area contributed by atoms with Crippen LogP contribution in [0.5, 0.6) is 5.75 Å². The van der Waals surface area contributed by atoms with E-state index in [2.05, 4.69) is 20.9 Å². The minimum Gasteiger partial charge on any atom is -0.495 e. The van der Waals surface area contributed by atoms with E-state index in [-0.39, 0.29) is 12.1 Å². The van der Waals surface area contributed by atoms with Crippen molar-refractivity contribution in [1.29, 1.82) is 0 Å². The van der Waals surface area contributed by atoms with Crippen LogP contribution < -0.4 is 10.1 Å². The number of hydrogen-bond donors (Lipinski definition) is 1. The van der Waals surface area contributed by atoms with Crippen molar-refractivity contribution >= 4 is 11.7 Å². The number of aromatic nitrogens is 2. The van der Waals surface area contributed by atoms with Crippen molar-refractivity contribution in [2.45, 2.75) is 12.6 Å². The van der Waals surface area contributed by atoms with Crippen molar-refractivity contribution in [2.75, 3.05) is 19.0 Å². The lowest BCUT2D eigenvalue weighted by atomic mass is 10.0. The molecule has 0 saturated carbocycles. The number of para-hydroxylation sites is 2. The largest absolute Gasteiger partial charge is 0.495 e. The zero-order valence-electron chi connectivity index (χ0n) is 14.5. The molecule has 0 bridgehead atoms. The monoisotopic (exact) mass is 348 g/mol. The van der Waals surface area contributed by atoms with Crippen LogP contribution in [0.1, 0.15) is 17.3 Å². The zero-order chi connectivity index (χ0) is 17.9. The van der Waals surface area contributed by atoms with Crippen LogP contribution in [0.4, 0.5) is 10.5 Å². The summed E-state index contributed by atoms with van der Waals surface area (Å²) < 4.78 is 7.53. The molecule has 4 rings (SSSR count). The van der Waals surface area contributed by atoms with Crippen molar-refractivity contribution in [1.82, 2.24) is 14.5 Å². The summed E-state index contributed by atoms with van der Waals surface area (Å²) in [6.07, 6.45) is 5.61. The summed E-state index contributed by atoms with van der Waals surface area (Å²) in [5, 5.41) is 2.99. The zero-order valence-corrected chi connectivity index (χ0v) is 14.5. The highest BCUT2D eigenvalue weighted by atomic mass is 16.5. The number of carbonyl (C=O) groups excluding carboxylic acids is 1. The maximum atomic E-state index is 13.1. The molecule has 0 radical (unpaired) electrons. The molecule has 0 aliphatic carbocycles. The fourth-order valence-electron chi connectivity index (χ4n) is 3.43. The molecule has 0 saturated heterocycles. The van der Waals surface area contributed by atoms with E-state index in [1.165, 1.54) is 0 Å². The van der Waals surface area contributed by atoms with Gasteiger partial charge in [-0.3, -0.25) is 4.98 Å². The maximum Gasteiger partial charge on any atom is 0.322 e. The van der Waals surface area contributed by atoms with Crippen LogP contribution in [0.3, 0.4) is 0 Å². The van der Waals surface area contributed by atoms with Gasteiger partial charge in [0, 0.05) is 37.4 Å². The lowest BCUT2D eigenvalue weighted by Crippen LogP contribution is -2.44. The van der Waals surface area contributed by atoms with Crippen molar-refractivity contribution in [3.05, 3.63) is 78.4 Å². The van der Waals surface area contributed by atoms with Crippen LogP contribution >= 0.6 is 0 Å². The number of hydrogen-bond acceptors (Lipinski definition) is 3. The predicted octanol–water partition coefficient (Wildman–Crippen LogP) is 3.53. The van der Waals surface area contributed by atoms with Gasteiger partial charge in [0.25, 0.3) is 0 Å². The first-order valence-electron chi connectivity index (χ1n) is 8.53. The highest BCUT2D eigenvalue weighted by Crippen LogP contribution is 2.33. The molecule has 2 aromatic heterocycles.